The summed E-state index contributed by atoms with van der Waals surface area (Å²) in [4.78, 5) is 41.8. The first-order chi connectivity index (χ1) is 15.8. The Balaban J connectivity index is 1.34. The van der Waals surface area contributed by atoms with Gasteiger partial charge in [-0.1, -0.05) is 13.8 Å². The van der Waals surface area contributed by atoms with E-state index in [0.717, 1.165) is 44.2 Å². The highest BCUT2D eigenvalue weighted by Gasteiger charge is 2.60. The molecule has 0 N–H and O–H groups in total. The zero-order chi connectivity index (χ0) is 23.0. The number of amides is 1. The number of carbonyl (C=O) groups is 2. The van der Waals surface area contributed by atoms with E-state index in [2.05, 4.69) is 23.8 Å². The van der Waals surface area contributed by atoms with Crippen LogP contribution in [0.3, 0.4) is 0 Å². The van der Waals surface area contributed by atoms with Crippen LogP contribution in [-0.4, -0.2) is 26.6 Å². The Labute approximate surface area is 199 Å². The number of Topliss-reactive ketones (excluding diaryl/α,β-unsaturated/α-hetero) is 1. The van der Waals surface area contributed by atoms with Crippen molar-refractivity contribution in [2.45, 2.75) is 78.1 Å². The first kappa shape index (κ1) is 21.4. The van der Waals surface area contributed by atoms with E-state index in [-0.39, 0.29) is 16.7 Å². The van der Waals surface area contributed by atoms with Crippen LogP contribution in [-0.2, 0) is 16.0 Å². The predicted molar refractivity (Wildman–Crippen MR) is 127 cm³/mol. The van der Waals surface area contributed by atoms with Gasteiger partial charge in [-0.25, -0.2) is 19.9 Å². The van der Waals surface area contributed by atoms with E-state index in [1.807, 2.05) is 0 Å². The summed E-state index contributed by atoms with van der Waals surface area (Å²) in [7, 11) is 0. The number of hydrogen-bond acceptors (Lipinski definition) is 6. The Morgan fingerprint density at radius 1 is 1.06 bits per heavy atom. The van der Waals surface area contributed by atoms with Gasteiger partial charge in [0.25, 0.3) is 0 Å². The molecule has 33 heavy (non-hydrogen) atoms. The molecule has 6 atom stereocenters. The molecule has 4 aliphatic carbocycles. The lowest BCUT2D eigenvalue weighted by Gasteiger charge is -2.59. The van der Waals surface area contributed by atoms with Crippen molar-refractivity contribution in [2.24, 2.45) is 28.6 Å². The van der Waals surface area contributed by atoms with Gasteiger partial charge in [0.05, 0.1) is 5.69 Å². The van der Waals surface area contributed by atoms with Crippen LogP contribution in [0.1, 0.15) is 82.2 Å². The minimum Gasteiger partial charge on any atom is -0.299 e. The van der Waals surface area contributed by atoms with Gasteiger partial charge in [-0.05, 0) is 74.2 Å². The van der Waals surface area contributed by atoms with Gasteiger partial charge in [0.1, 0.15) is 5.78 Å². The summed E-state index contributed by atoms with van der Waals surface area (Å²) in [6, 6.07) is 1.76. The third-order valence-electron chi connectivity index (χ3n) is 9.77. The summed E-state index contributed by atoms with van der Waals surface area (Å²) >= 11 is 1.67. The first-order valence-corrected chi connectivity index (χ1v) is 13.2. The van der Waals surface area contributed by atoms with Crippen LogP contribution < -0.4 is 4.90 Å². The second kappa shape index (κ2) is 7.42. The van der Waals surface area contributed by atoms with Gasteiger partial charge < -0.3 is 0 Å². The van der Waals surface area contributed by atoms with Crippen LogP contribution in [0.25, 0.3) is 0 Å². The molecule has 7 heteroatoms. The fourth-order valence-corrected chi connectivity index (χ4v) is 9.52. The minimum atomic E-state index is -0.115. The zero-order valence-electron chi connectivity index (χ0n) is 19.7. The number of hydrogen-bond donors (Lipinski definition) is 0. The SMILES string of the molecule is CC(=O)N(c1ncccn1)c1nc2c(s1)C1CC[C@@H]3[C@H](CC[C@]4(C)C(=O)CC[C@@H]34)[C@@]1(C)CC2. The van der Waals surface area contributed by atoms with Crippen LogP contribution in [0.2, 0.25) is 0 Å². The van der Waals surface area contributed by atoms with Crippen LogP contribution in [0.15, 0.2) is 18.5 Å². The van der Waals surface area contributed by atoms with Crippen LogP contribution in [0, 0.1) is 28.6 Å². The number of aromatic nitrogens is 3. The maximum absolute atomic E-state index is 12.7. The number of nitrogens with zero attached hydrogens (tertiary/aromatic N) is 4. The molecule has 2 aromatic rings. The van der Waals surface area contributed by atoms with Crippen molar-refractivity contribution in [2.75, 3.05) is 4.90 Å². The Morgan fingerprint density at radius 3 is 2.61 bits per heavy atom. The summed E-state index contributed by atoms with van der Waals surface area (Å²) in [6.45, 7) is 6.32. The molecule has 0 radical (unpaired) electrons. The maximum atomic E-state index is 12.7. The lowest BCUT2D eigenvalue weighted by atomic mass is 9.46. The molecule has 0 aromatic carbocycles. The highest BCUT2D eigenvalue weighted by atomic mass is 32.1. The number of ketones is 1. The minimum absolute atomic E-state index is 0.0699. The standard InChI is InChI=1S/C26H32N4O2S/c1-15(31)30(23-27-13-4-14-28-23)24-29-20-10-12-25(2)18-9-11-26(3)17(7-8-21(26)32)16(18)5-6-19(25)22(20)33-24/h4,13-14,16-19H,5-12H2,1-3H3/t16-,17-,18-,19?,25+,26-/m0/s1. The van der Waals surface area contributed by atoms with Crippen molar-refractivity contribution in [3.63, 3.8) is 0 Å². The number of fused-ring (bicyclic) bond motifs is 7. The van der Waals surface area contributed by atoms with E-state index in [9.17, 15) is 9.59 Å². The van der Waals surface area contributed by atoms with Crippen molar-refractivity contribution in [3.05, 3.63) is 29.0 Å². The molecule has 174 valence electrons. The fourth-order valence-electron chi connectivity index (χ4n) is 8.07. The van der Waals surface area contributed by atoms with Gasteiger partial charge in [-0.2, -0.15) is 0 Å². The molecule has 3 fully saturated rings. The Hall–Kier alpha value is -2.15. The average molecular weight is 465 g/mol. The van der Waals surface area contributed by atoms with Crippen molar-refractivity contribution in [1.82, 2.24) is 15.0 Å². The molecule has 6 rings (SSSR count). The molecule has 0 saturated heterocycles. The number of aryl methyl sites for hydroxylation is 1. The van der Waals surface area contributed by atoms with E-state index in [1.54, 1.807) is 41.6 Å². The third-order valence-corrected chi connectivity index (χ3v) is 11.0. The van der Waals surface area contributed by atoms with Gasteiger partial charge in [-0.15, -0.1) is 11.3 Å². The third kappa shape index (κ3) is 3.00. The number of anilines is 2. The average Bonchev–Trinajstić information content (AvgIpc) is 3.35. The largest absolute Gasteiger partial charge is 0.299 e. The molecule has 0 bridgehead atoms. The number of rotatable bonds is 2. The highest BCUT2D eigenvalue weighted by molar-refractivity contribution is 7.16. The van der Waals surface area contributed by atoms with Crippen LogP contribution >= 0.6 is 11.3 Å². The first-order valence-electron chi connectivity index (χ1n) is 12.4. The van der Waals surface area contributed by atoms with Gasteiger partial charge >= 0.3 is 0 Å². The smallest absolute Gasteiger partial charge is 0.238 e. The zero-order valence-corrected chi connectivity index (χ0v) is 20.5. The van der Waals surface area contributed by atoms with Crippen LogP contribution in [0.4, 0.5) is 11.1 Å². The summed E-state index contributed by atoms with van der Waals surface area (Å²) in [6.07, 6.45) is 11.9. The van der Waals surface area contributed by atoms with E-state index in [0.29, 0.717) is 40.5 Å². The van der Waals surface area contributed by atoms with Crippen molar-refractivity contribution in [3.8, 4) is 0 Å². The molecule has 4 aliphatic rings. The molecular formula is C26H32N4O2S. The summed E-state index contributed by atoms with van der Waals surface area (Å²) < 4.78 is 0. The number of carbonyl (C=O) groups excluding carboxylic acids is 2. The molecule has 1 amide bonds. The Morgan fingerprint density at radius 2 is 1.85 bits per heavy atom. The summed E-state index contributed by atoms with van der Waals surface area (Å²) in [5.74, 6) is 3.21. The van der Waals surface area contributed by atoms with E-state index in [1.165, 1.54) is 17.7 Å². The second-order valence-electron chi connectivity index (χ2n) is 11.1. The molecule has 3 saturated carbocycles. The predicted octanol–water partition coefficient (Wildman–Crippen LogP) is 5.46. The maximum Gasteiger partial charge on any atom is 0.238 e. The molecule has 2 heterocycles. The molecule has 0 spiro atoms. The molecular weight excluding hydrogens is 432 g/mol. The topological polar surface area (TPSA) is 76.1 Å². The Bertz CT molecular complexity index is 1120. The van der Waals surface area contributed by atoms with Gasteiger partial charge in [0.2, 0.25) is 11.9 Å². The van der Waals surface area contributed by atoms with Crippen molar-refractivity contribution in [1.29, 1.82) is 0 Å². The van der Waals surface area contributed by atoms with E-state index >= 15 is 0 Å². The highest BCUT2D eigenvalue weighted by Crippen LogP contribution is 2.67. The van der Waals surface area contributed by atoms with Gasteiger partial charge in [0.15, 0.2) is 5.13 Å². The monoisotopic (exact) mass is 464 g/mol. The summed E-state index contributed by atoms with van der Waals surface area (Å²) in [5, 5.41) is 0.697. The lowest BCUT2D eigenvalue weighted by molar-refractivity contribution is -0.134. The quantitative estimate of drug-likeness (QED) is 0.590. The van der Waals surface area contributed by atoms with Gasteiger partial charge in [0, 0.05) is 41.9 Å². The second-order valence-corrected chi connectivity index (χ2v) is 12.2. The fraction of sp³-hybridized carbons (Fsp3) is 0.654. The van der Waals surface area contributed by atoms with E-state index < -0.39 is 0 Å². The van der Waals surface area contributed by atoms with Crippen molar-refractivity contribution < 1.29 is 9.59 Å². The van der Waals surface area contributed by atoms with Crippen LogP contribution in [0.5, 0.6) is 0 Å². The number of thiazole rings is 1. The summed E-state index contributed by atoms with van der Waals surface area (Å²) in [5.41, 5.74) is 1.34. The van der Waals surface area contributed by atoms with Crippen molar-refractivity contribution >= 4 is 34.1 Å². The molecule has 0 aliphatic heterocycles. The lowest BCUT2D eigenvalue weighted by Crippen LogP contribution is -2.52. The Kier molecular flexibility index (Phi) is 4.81. The molecule has 1 unspecified atom stereocenters. The van der Waals surface area contributed by atoms with E-state index in [4.69, 9.17) is 4.98 Å². The molecule has 6 nitrogen and oxygen atoms in total. The molecule has 2 aromatic heterocycles. The van der Waals surface area contributed by atoms with Gasteiger partial charge in [-0.3, -0.25) is 9.59 Å². The normalized spacial score (nSPS) is 37.0.